The largest absolute Gasteiger partial charge is 0.477 e. The summed E-state index contributed by atoms with van der Waals surface area (Å²) in [5.74, 6) is -0.371. The van der Waals surface area contributed by atoms with Crippen LogP contribution in [0.4, 0.5) is 0 Å². The van der Waals surface area contributed by atoms with Crippen molar-refractivity contribution in [3.63, 3.8) is 0 Å². The maximum atomic E-state index is 12.7. The summed E-state index contributed by atoms with van der Waals surface area (Å²) in [5.41, 5.74) is 0.273. The van der Waals surface area contributed by atoms with Crippen LogP contribution in [0.1, 0.15) is 47.2 Å². The molecule has 116 valence electrons. The summed E-state index contributed by atoms with van der Waals surface area (Å²) in [6.07, 6.45) is 2.44. The van der Waals surface area contributed by atoms with E-state index < -0.39 is 5.97 Å². The quantitative estimate of drug-likeness (QED) is 0.826. The highest BCUT2D eigenvalue weighted by molar-refractivity contribution is 7.20. The Bertz CT molecular complexity index is 814. The molecule has 2 aromatic heterocycles. The number of nitriles is 1. The third-order valence-corrected chi connectivity index (χ3v) is 4.64. The highest BCUT2D eigenvalue weighted by atomic mass is 32.1. The highest BCUT2D eigenvalue weighted by Gasteiger charge is 2.20. The Morgan fingerprint density at radius 2 is 2.23 bits per heavy atom. The lowest BCUT2D eigenvalue weighted by atomic mass is 10.2. The molecule has 0 saturated heterocycles. The highest BCUT2D eigenvalue weighted by Crippen LogP contribution is 2.27. The molecule has 7 heteroatoms. The average Bonchev–Trinajstić information content (AvgIpc) is 2.80. The van der Waals surface area contributed by atoms with Crippen molar-refractivity contribution in [1.29, 1.82) is 5.26 Å². The van der Waals surface area contributed by atoms with E-state index in [1.54, 1.807) is 11.5 Å². The summed E-state index contributed by atoms with van der Waals surface area (Å²) < 4.78 is 1.59. The van der Waals surface area contributed by atoms with E-state index in [0.717, 1.165) is 17.8 Å². The van der Waals surface area contributed by atoms with Crippen LogP contribution < -0.4 is 5.56 Å². The van der Waals surface area contributed by atoms with Gasteiger partial charge in [0.15, 0.2) is 0 Å². The SMILES string of the molecule is CCCc1nc2sc(C(=O)O)c(C)c2c(=O)n1CCCC#N. The number of carboxylic acids is 1. The monoisotopic (exact) mass is 319 g/mol. The molecule has 1 N–H and O–H groups in total. The Morgan fingerprint density at radius 3 is 2.82 bits per heavy atom. The van der Waals surface area contributed by atoms with Crippen molar-refractivity contribution in [1.82, 2.24) is 9.55 Å². The van der Waals surface area contributed by atoms with Crippen molar-refractivity contribution in [2.75, 3.05) is 0 Å². The van der Waals surface area contributed by atoms with Gasteiger partial charge in [0.25, 0.3) is 5.56 Å². The van der Waals surface area contributed by atoms with Crippen molar-refractivity contribution in [3.8, 4) is 6.07 Å². The summed E-state index contributed by atoms with van der Waals surface area (Å²) in [6.45, 7) is 4.07. The van der Waals surface area contributed by atoms with Crippen LogP contribution in [0.5, 0.6) is 0 Å². The van der Waals surface area contributed by atoms with Gasteiger partial charge in [0.1, 0.15) is 15.5 Å². The molecule has 0 amide bonds. The zero-order valence-corrected chi connectivity index (χ0v) is 13.4. The van der Waals surface area contributed by atoms with E-state index >= 15 is 0 Å². The lowest BCUT2D eigenvalue weighted by Crippen LogP contribution is -2.25. The molecule has 2 aromatic rings. The molecule has 0 saturated carbocycles. The van der Waals surface area contributed by atoms with Gasteiger partial charge < -0.3 is 5.11 Å². The van der Waals surface area contributed by atoms with Crippen LogP contribution in [0, 0.1) is 18.3 Å². The predicted molar refractivity (Wildman–Crippen MR) is 84.4 cm³/mol. The van der Waals surface area contributed by atoms with Crippen LogP contribution in [0.3, 0.4) is 0 Å². The number of nitrogens with zero attached hydrogens (tertiary/aromatic N) is 3. The minimum absolute atomic E-state index is 0.164. The lowest BCUT2D eigenvalue weighted by Gasteiger charge is -2.11. The first-order valence-electron chi connectivity index (χ1n) is 7.14. The molecule has 0 bridgehead atoms. The van der Waals surface area contributed by atoms with Gasteiger partial charge in [-0.25, -0.2) is 9.78 Å². The zero-order valence-electron chi connectivity index (χ0n) is 12.5. The van der Waals surface area contributed by atoms with E-state index in [9.17, 15) is 14.7 Å². The Hall–Kier alpha value is -2.20. The van der Waals surface area contributed by atoms with Crippen molar-refractivity contribution in [3.05, 3.63) is 26.6 Å². The fourth-order valence-corrected chi connectivity index (χ4v) is 3.45. The summed E-state index contributed by atoms with van der Waals surface area (Å²) in [7, 11) is 0. The Balaban J connectivity index is 2.65. The number of carboxylic acid groups (broad SMARTS) is 1. The number of aromatic carboxylic acids is 1. The van der Waals surface area contributed by atoms with E-state index in [1.165, 1.54) is 0 Å². The standard InChI is InChI=1S/C15H17N3O3S/c1-3-6-10-17-13-11(9(2)12(22-13)15(20)21)14(19)18(10)8-5-4-7-16/h3-6,8H2,1-2H3,(H,20,21). The second-order valence-corrected chi connectivity index (χ2v) is 6.04. The van der Waals surface area contributed by atoms with Crippen molar-refractivity contribution in [2.24, 2.45) is 0 Å². The fraction of sp³-hybridized carbons (Fsp3) is 0.467. The molecular formula is C15H17N3O3S. The first-order chi connectivity index (χ1) is 10.5. The van der Waals surface area contributed by atoms with Crippen LogP contribution in [0.2, 0.25) is 0 Å². The third-order valence-electron chi connectivity index (χ3n) is 3.47. The van der Waals surface area contributed by atoms with Gasteiger partial charge >= 0.3 is 5.97 Å². The third kappa shape index (κ3) is 2.88. The minimum Gasteiger partial charge on any atom is -0.477 e. The van der Waals surface area contributed by atoms with Crippen molar-refractivity contribution >= 4 is 27.5 Å². The van der Waals surface area contributed by atoms with E-state index in [1.807, 2.05) is 6.92 Å². The van der Waals surface area contributed by atoms with Crippen molar-refractivity contribution in [2.45, 2.75) is 46.1 Å². The summed E-state index contributed by atoms with van der Waals surface area (Å²) in [4.78, 5) is 29.1. The fourth-order valence-electron chi connectivity index (χ4n) is 2.42. The lowest BCUT2D eigenvalue weighted by molar-refractivity contribution is 0.0701. The van der Waals surface area contributed by atoms with E-state index in [2.05, 4.69) is 11.1 Å². The minimum atomic E-state index is -1.03. The Labute approximate surface area is 131 Å². The number of thiophene rings is 1. The number of aromatic nitrogens is 2. The Kier molecular flexibility index (Phi) is 4.93. The van der Waals surface area contributed by atoms with Gasteiger partial charge in [-0.3, -0.25) is 9.36 Å². The molecular weight excluding hydrogens is 302 g/mol. The summed E-state index contributed by atoms with van der Waals surface area (Å²) in [6, 6.07) is 2.07. The van der Waals surface area contributed by atoms with Crippen LogP contribution in [0.15, 0.2) is 4.79 Å². The number of hydrogen-bond donors (Lipinski definition) is 1. The second kappa shape index (κ2) is 6.71. The molecule has 2 heterocycles. The van der Waals surface area contributed by atoms with Crippen LogP contribution in [0.25, 0.3) is 10.2 Å². The number of carbonyl (C=O) groups is 1. The Morgan fingerprint density at radius 1 is 1.50 bits per heavy atom. The maximum Gasteiger partial charge on any atom is 0.346 e. The smallest absolute Gasteiger partial charge is 0.346 e. The van der Waals surface area contributed by atoms with E-state index in [-0.39, 0.29) is 10.4 Å². The summed E-state index contributed by atoms with van der Waals surface area (Å²) >= 11 is 1.05. The van der Waals surface area contributed by atoms with Crippen LogP contribution in [-0.4, -0.2) is 20.6 Å². The van der Waals surface area contributed by atoms with Gasteiger partial charge in [-0.05, 0) is 25.3 Å². The molecule has 22 heavy (non-hydrogen) atoms. The molecule has 0 fully saturated rings. The maximum absolute atomic E-state index is 12.7. The van der Waals surface area contributed by atoms with Gasteiger partial charge in [0.2, 0.25) is 0 Å². The first-order valence-corrected chi connectivity index (χ1v) is 7.96. The molecule has 6 nitrogen and oxygen atoms in total. The molecule has 0 aliphatic carbocycles. The van der Waals surface area contributed by atoms with Gasteiger partial charge in [0, 0.05) is 19.4 Å². The number of rotatable bonds is 6. The molecule has 0 unspecified atom stereocenters. The molecule has 0 radical (unpaired) electrons. The van der Waals surface area contributed by atoms with Crippen LogP contribution in [-0.2, 0) is 13.0 Å². The molecule has 0 spiro atoms. The molecule has 0 aliphatic rings. The van der Waals surface area contributed by atoms with E-state index in [0.29, 0.717) is 47.4 Å². The molecule has 0 atom stereocenters. The average molecular weight is 319 g/mol. The first kappa shape index (κ1) is 16.2. The van der Waals surface area contributed by atoms with Gasteiger partial charge in [-0.1, -0.05) is 6.92 Å². The second-order valence-electron chi connectivity index (χ2n) is 5.04. The van der Waals surface area contributed by atoms with Gasteiger partial charge in [0.05, 0.1) is 11.5 Å². The number of fused-ring (bicyclic) bond motifs is 1. The van der Waals surface area contributed by atoms with Gasteiger partial charge in [-0.15, -0.1) is 11.3 Å². The number of unbranched alkanes of at least 4 members (excludes halogenated alkanes) is 1. The van der Waals surface area contributed by atoms with Crippen LogP contribution >= 0.6 is 11.3 Å². The molecule has 2 rings (SSSR count). The normalized spacial score (nSPS) is 10.8. The zero-order chi connectivity index (χ0) is 16.3. The summed E-state index contributed by atoms with van der Waals surface area (Å²) in [5, 5.41) is 18.2. The van der Waals surface area contributed by atoms with E-state index in [4.69, 9.17) is 5.26 Å². The predicted octanol–water partition coefficient (Wildman–Crippen LogP) is 2.72. The topological polar surface area (TPSA) is 96.0 Å². The molecule has 0 aromatic carbocycles. The molecule has 0 aliphatic heterocycles. The van der Waals surface area contributed by atoms with Gasteiger partial charge in [-0.2, -0.15) is 5.26 Å². The number of hydrogen-bond acceptors (Lipinski definition) is 5. The van der Waals surface area contributed by atoms with Crippen molar-refractivity contribution < 1.29 is 9.90 Å². The number of aryl methyl sites for hydroxylation is 2.